The van der Waals surface area contributed by atoms with Gasteiger partial charge in [-0.3, -0.25) is 4.79 Å². The van der Waals surface area contributed by atoms with Crippen LogP contribution in [-0.4, -0.2) is 26.6 Å². The van der Waals surface area contributed by atoms with Gasteiger partial charge >= 0.3 is 0 Å². The third-order valence-corrected chi connectivity index (χ3v) is 7.97. The van der Waals surface area contributed by atoms with Crippen LogP contribution in [0.25, 0.3) is 0 Å². The third kappa shape index (κ3) is 4.77. The smallest absolute Gasteiger partial charge is 0.250 e. The van der Waals surface area contributed by atoms with E-state index in [2.05, 4.69) is 10.0 Å². The number of carbonyl (C=O) groups excluding carboxylic acids is 1. The molecule has 0 saturated heterocycles. The van der Waals surface area contributed by atoms with Crippen LogP contribution in [0.4, 0.5) is 0 Å². The highest BCUT2D eigenvalue weighted by molar-refractivity contribution is 7.99. The number of halogens is 1. The number of carbonyl (C=O) groups is 1. The van der Waals surface area contributed by atoms with E-state index in [0.29, 0.717) is 5.02 Å². The molecule has 1 atom stereocenters. The Hall–Kier alpha value is -1.06. The Morgan fingerprint density at radius 3 is 2.92 bits per heavy atom. The molecule has 1 aromatic carbocycles. The first kappa shape index (κ1) is 18.7. The van der Waals surface area contributed by atoms with Crippen molar-refractivity contribution < 1.29 is 13.2 Å². The van der Waals surface area contributed by atoms with Gasteiger partial charge in [0.15, 0.2) is 0 Å². The molecule has 0 bridgehead atoms. The second-order valence-corrected chi connectivity index (χ2v) is 10.0. The van der Waals surface area contributed by atoms with Gasteiger partial charge in [-0.15, -0.1) is 23.1 Å². The predicted molar refractivity (Wildman–Crippen MR) is 102 cm³/mol. The van der Waals surface area contributed by atoms with Crippen LogP contribution in [0, 0.1) is 0 Å². The lowest BCUT2D eigenvalue weighted by Gasteiger charge is -2.26. The molecule has 9 heteroatoms. The molecule has 0 saturated carbocycles. The van der Waals surface area contributed by atoms with E-state index in [1.165, 1.54) is 6.07 Å². The molecule has 0 spiro atoms. The Morgan fingerprint density at radius 1 is 1.32 bits per heavy atom. The number of thiophene rings is 1. The van der Waals surface area contributed by atoms with E-state index in [9.17, 15) is 13.2 Å². The highest BCUT2D eigenvalue weighted by Gasteiger charge is 2.23. The molecule has 3 rings (SSSR count). The minimum absolute atomic E-state index is 0.0654. The van der Waals surface area contributed by atoms with Gasteiger partial charge < -0.3 is 5.32 Å². The van der Waals surface area contributed by atoms with Crippen LogP contribution in [0.2, 0.25) is 5.02 Å². The van der Waals surface area contributed by atoms with Crippen molar-refractivity contribution in [3.63, 3.8) is 0 Å². The fourth-order valence-corrected chi connectivity index (χ4v) is 5.92. The molecule has 2 N–H and O–H groups in total. The van der Waals surface area contributed by atoms with Gasteiger partial charge in [-0.25, -0.2) is 13.1 Å². The summed E-state index contributed by atoms with van der Waals surface area (Å²) in [5.74, 6) is 0.738. The summed E-state index contributed by atoms with van der Waals surface area (Å²) in [6.07, 6.45) is 0.912. The highest BCUT2D eigenvalue weighted by Crippen LogP contribution is 2.37. The number of fused-ring (bicyclic) bond motifs is 1. The monoisotopic (exact) mass is 416 g/mol. The summed E-state index contributed by atoms with van der Waals surface area (Å²) in [4.78, 5) is 13.3. The maximum Gasteiger partial charge on any atom is 0.250 e. The number of nitrogens with one attached hydrogen (secondary N) is 2. The largest absolute Gasteiger partial charge is 0.349 e. The summed E-state index contributed by atoms with van der Waals surface area (Å²) in [5, 5.41) is 5.32. The number of amides is 1. The summed E-state index contributed by atoms with van der Waals surface area (Å²) in [5.41, 5.74) is 1.02. The lowest BCUT2D eigenvalue weighted by atomic mass is 10.0. The Bertz CT molecular complexity index is 854. The van der Waals surface area contributed by atoms with Crippen molar-refractivity contribution in [3.05, 3.63) is 46.3 Å². The van der Waals surface area contributed by atoms with Crippen LogP contribution in [0.3, 0.4) is 0 Å². The van der Waals surface area contributed by atoms with Crippen molar-refractivity contribution in [2.45, 2.75) is 28.0 Å². The minimum Gasteiger partial charge on any atom is -0.349 e. The van der Waals surface area contributed by atoms with E-state index in [-0.39, 0.29) is 29.1 Å². The van der Waals surface area contributed by atoms with Crippen molar-refractivity contribution in [1.82, 2.24) is 10.0 Å². The van der Waals surface area contributed by atoms with Gasteiger partial charge in [0.1, 0.15) is 4.21 Å². The van der Waals surface area contributed by atoms with Crippen LogP contribution >= 0.6 is 34.7 Å². The molecule has 1 aliphatic heterocycles. The van der Waals surface area contributed by atoms with Gasteiger partial charge in [-0.1, -0.05) is 17.7 Å². The summed E-state index contributed by atoms with van der Waals surface area (Å²) in [6, 6.07) is 8.82. The fourth-order valence-electron chi connectivity index (χ4n) is 2.57. The van der Waals surface area contributed by atoms with Gasteiger partial charge in [0, 0.05) is 28.6 Å². The predicted octanol–water partition coefficient (Wildman–Crippen LogP) is 3.42. The van der Waals surface area contributed by atoms with Gasteiger partial charge in [0.05, 0.1) is 6.04 Å². The standard InChI is InChI=1S/C16H17ClN2O3S3/c17-11-3-4-14-12(10-11)13(6-9-23-14)19-15(20)5-7-18-25(21,22)16-2-1-8-24-16/h1-4,8,10,13,18H,5-7,9H2,(H,19,20)/t13-/m0/s1. The van der Waals surface area contributed by atoms with E-state index >= 15 is 0 Å². The molecule has 2 heterocycles. The molecule has 1 aliphatic rings. The zero-order valence-corrected chi connectivity index (χ0v) is 16.4. The molecule has 1 amide bonds. The van der Waals surface area contributed by atoms with Crippen molar-refractivity contribution in [3.8, 4) is 0 Å². The maximum atomic E-state index is 12.2. The van der Waals surface area contributed by atoms with Crippen LogP contribution in [0.5, 0.6) is 0 Å². The van der Waals surface area contributed by atoms with E-state index in [4.69, 9.17) is 11.6 Å². The number of hydrogen-bond acceptors (Lipinski definition) is 5. The number of rotatable bonds is 6. The summed E-state index contributed by atoms with van der Waals surface area (Å²) >= 11 is 8.96. The lowest BCUT2D eigenvalue weighted by molar-refractivity contribution is -0.121. The zero-order chi connectivity index (χ0) is 17.9. The minimum atomic E-state index is -3.53. The molecule has 0 unspecified atom stereocenters. The number of benzene rings is 1. The van der Waals surface area contributed by atoms with Crippen LogP contribution < -0.4 is 10.0 Å². The Balaban J connectivity index is 1.55. The maximum absolute atomic E-state index is 12.2. The molecular formula is C16H17ClN2O3S3. The molecule has 2 aromatic rings. The SMILES string of the molecule is O=C(CCNS(=O)(=O)c1cccs1)N[C@H]1CCSc2ccc(Cl)cc21. The Morgan fingerprint density at radius 2 is 2.16 bits per heavy atom. The van der Waals surface area contributed by atoms with Crippen molar-refractivity contribution in [2.24, 2.45) is 0 Å². The quantitative estimate of drug-likeness (QED) is 0.756. The molecular weight excluding hydrogens is 400 g/mol. The molecule has 25 heavy (non-hydrogen) atoms. The first-order valence-electron chi connectivity index (χ1n) is 7.70. The van der Waals surface area contributed by atoms with Crippen molar-refractivity contribution in [1.29, 1.82) is 0 Å². The Labute approximate surface area is 160 Å². The number of thioether (sulfide) groups is 1. The second-order valence-electron chi connectivity index (χ2n) is 5.52. The first-order valence-corrected chi connectivity index (χ1v) is 11.4. The lowest BCUT2D eigenvalue weighted by Crippen LogP contribution is -2.34. The number of hydrogen-bond donors (Lipinski definition) is 2. The highest BCUT2D eigenvalue weighted by atomic mass is 35.5. The van der Waals surface area contributed by atoms with Gasteiger partial charge in [0.25, 0.3) is 0 Å². The molecule has 0 aliphatic carbocycles. The van der Waals surface area contributed by atoms with Gasteiger partial charge in [0.2, 0.25) is 15.9 Å². The molecule has 134 valence electrons. The first-order chi connectivity index (χ1) is 12.0. The van der Waals surface area contributed by atoms with Gasteiger partial charge in [-0.2, -0.15) is 0 Å². The van der Waals surface area contributed by atoms with E-state index < -0.39 is 10.0 Å². The van der Waals surface area contributed by atoms with E-state index in [1.807, 2.05) is 18.2 Å². The average Bonchev–Trinajstić information content (AvgIpc) is 3.11. The Kier molecular flexibility index (Phi) is 6.06. The second kappa shape index (κ2) is 8.09. The average molecular weight is 417 g/mol. The van der Waals surface area contributed by atoms with Crippen molar-refractivity contribution in [2.75, 3.05) is 12.3 Å². The summed E-state index contributed by atoms with van der Waals surface area (Å²) < 4.78 is 26.7. The topological polar surface area (TPSA) is 75.3 Å². The molecule has 1 aromatic heterocycles. The van der Waals surface area contributed by atoms with E-state index in [1.54, 1.807) is 23.2 Å². The third-order valence-electron chi connectivity index (χ3n) is 3.75. The van der Waals surface area contributed by atoms with Crippen molar-refractivity contribution >= 4 is 50.6 Å². The van der Waals surface area contributed by atoms with E-state index in [0.717, 1.165) is 34.0 Å². The number of sulfonamides is 1. The normalized spacial score (nSPS) is 17.1. The zero-order valence-electron chi connectivity index (χ0n) is 13.2. The molecule has 0 fully saturated rings. The summed E-state index contributed by atoms with van der Waals surface area (Å²) in [6.45, 7) is 0.0654. The van der Waals surface area contributed by atoms with Crippen LogP contribution in [0.1, 0.15) is 24.4 Å². The molecule has 5 nitrogen and oxygen atoms in total. The van der Waals surface area contributed by atoms with Crippen LogP contribution in [-0.2, 0) is 14.8 Å². The fraction of sp³-hybridized carbons (Fsp3) is 0.312. The summed E-state index contributed by atoms with van der Waals surface area (Å²) in [7, 11) is -3.53. The van der Waals surface area contributed by atoms with Crippen LogP contribution in [0.15, 0.2) is 44.8 Å². The molecule has 0 radical (unpaired) electrons. The van der Waals surface area contributed by atoms with Gasteiger partial charge in [-0.05, 0) is 41.6 Å².